The van der Waals surface area contributed by atoms with E-state index in [0.717, 1.165) is 16.5 Å². The van der Waals surface area contributed by atoms with Gasteiger partial charge in [-0.2, -0.15) is 0 Å². The van der Waals surface area contributed by atoms with Gasteiger partial charge in [-0.15, -0.1) is 11.8 Å². The molecule has 2 rings (SSSR count). The lowest BCUT2D eigenvalue weighted by Crippen LogP contribution is -2.15. The Labute approximate surface area is 141 Å². The van der Waals surface area contributed by atoms with Crippen molar-refractivity contribution in [2.45, 2.75) is 25.5 Å². The molecule has 1 amide bonds. The van der Waals surface area contributed by atoms with E-state index in [2.05, 4.69) is 25.2 Å². The van der Waals surface area contributed by atoms with Crippen molar-refractivity contribution in [3.8, 4) is 0 Å². The molecule has 2 nitrogen and oxygen atoms in total. The number of hydrogen-bond donors (Lipinski definition) is 1. The molecule has 0 saturated carbocycles. The SMILES string of the molecule is CC(C)c1ccccc1NC(=O)CSCc1ccc(Cl)cc1. The van der Waals surface area contributed by atoms with E-state index in [-0.39, 0.29) is 5.91 Å². The summed E-state index contributed by atoms with van der Waals surface area (Å²) in [5.41, 5.74) is 3.25. The predicted octanol–water partition coefficient (Wildman–Crippen LogP) is 5.34. The minimum Gasteiger partial charge on any atom is -0.325 e. The van der Waals surface area contributed by atoms with Gasteiger partial charge in [0.15, 0.2) is 0 Å². The van der Waals surface area contributed by atoms with Gasteiger partial charge in [-0.25, -0.2) is 0 Å². The maximum atomic E-state index is 12.1. The summed E-state index contributed by atoms with van der Waals surface area (Å²) in [5, 5.41) is 3.74. The molecule has 0 spiro atoms. The van der Waals surface area contributed by atoms with Crippen LogP contribution >= 0.6 is 23.4 Å². The number of amides is 1. The molecular formula is C18H20ClNOS. The Balaban J connectivity index is 1.84. The van der Waals surface area contributed by atoms with Crippen LogP contribution in [0.2, 0.25) is 5.02 Å². The van der Waals surface area contributed by atoms with Gasteiger partial charge < -0.3 is 5.32 Å². The maximum Gasteiger partial charge on any atom is 0.234 e. The molecule has 0 aliphatic rings. The highest BCUT2D eigenvalue weighted by molar-refractivity contribution is 7.99. The Morgan fingerprint density at radius 1 is 1.14 bits per heavy atom. The average molecular weight is 334 g/mol. The van der Waals surface area contributed by atoms with Crippen LogP contribution in [0.25, 0.3) is 0 Å². The lowest BCUT2D eigenvalue weighted by Gasteiger charge is -2.13. The largest absolute Gasteiger partial charge is 0.325 e. The van der Waals surface area contributed by atoms with Gasteiger partial charge >= 0.3 is 0 Å². The summed E-state index contributed by atoms with van der Waals surface area (Å²) in [7, 11) is 0. The number of halogens is 1. The molecule has 0 fully saturated rings. The molecule has 0 bridgehead atoms. The third-order valence-electron chi connectivity index (χ3n) is 3.27. The van der Waals surface area contributed by atoms with E-state index in [1.165, 1.54) is 11.1 Å². The maximum absolute atomic E-state index is 12.1. The second-order valence-electron chi connectivity index (χ2n) is 5.41. The van der Waals surface area contributed by atoms with Crippen LogP contribution in [0.15, 0.2) is 48.5 Å². The van der Waals surface area contributed by atoms with Crippen molar-refractivity contribution in [1.82, 2.24) is 0 Å². The highest BCUT2D eigenvalue weighted by atomic mass is 35.5. The van der Waals surface area contributed by atoms with Crippen LogP contribution in [-0.4, -0.2) is 11.7 Å². The normalized spacial score (nSPS) is 10.7. The Kier molecular flexibility index (Phi) is 6.34. The van der Waals surface area contributed by atoms with Crippen LogP contribution in [0, 0.1) is 0 Å². The molecule has 22 heavy (non-hydrogen) atoms. The number of carbonyl (C=O) groups excluding carboxylic acids is 1. The first-order valence-electron chi connectivity index (χ1n) is 7.27. The minimum absolute atomic E-state index is 0.0343. The van der Waals surface area contributed by atoms with E-state index < -0.39 is 0 Å². The number of nitrogens with one attached hydrogen (secondary N) is 1. The smallest absolute Gasteiger partial charge is 0.234 e. The highest BCUT2D eigenvalue weighted by Crippen LogP contribution is 2.24. The summed E-state index contributed by atoms with van der Waals surface area (Å²) in [5.74, 6) is 1.66. The zero-order valence-electron chi connectivity index (χ0n) is 12.8. The van der Waals surface area contributed by atoms with E-state index in [1.807, 2.05) is 42.5 Å². The molecule has 0 aromatic heterocycles. The molecule has 0 saturated heterocycles. The van der Waals surface area contributed by atoms with Gasteiger partial charge in [0.2, 0.25) is 5.91 Å². The van der Waals surface area contributed by atoms with Gasteiger partial charge in [0.1, 0.15) is 0 Å². The quantitative estimate of drug-likeness (QED) is 0.773. The number of rotatable bonds is 6. The Morgan fingerprint density at radius 3 is 2.50 bits per heavy atom. The van der Waals surface area contributed by atoms with Crippen LogP contribution < -0.4 is 5.32 Å². The van der Waals surface area contributed by atoms with Crippen molar-refractivity contribution in [1.29, 1.82) is 0 Å². The highest BCUT2D eigenvalue weighted by Gasteiger charge is 2.09. The lowest BCUT2D eigenvalue weighted by molar-refractivity contribution is -0.113. The van der Waals surface area contributed by atoms with Crippen LogP contribution in [0.4, 0.5) is 5.69 Å². The van der Waals surface area contributed by atoms with E-state index in [1.54, 1.807) is 11.8 Å². The molecule has 0 unspecified atom stereocenters. The summed E-state index contributed by atoms with van der Waals surface area (Å²) in [6, 6.07) is 15.7. The van der Waals surface area contributed by atoms with Gasteiger partial charge in [-0.1, -0.05) is 55.8 Å². The van der Waals surface area contributed by atoms with Crippen molar-refractivity contribution < 1.29 is 4.79 Å². The van der Waals surface area contributed by atoms with Gasteiger partial charge in [0, 0.05) is 16.5 Å². The topological polar surface area (TPSA) is 29.1 Å². The monoisotopic (exact) mass is 333 g/mol. The third-order valence-corrected chi connectivity index (χ3v) is 4.53. The second-order valence-corrected chi connectivity index (χ2v) is 6.83. The number of anilines is 1. The van der Waals surface area contributed by atoms with Crippen LogP contribution in [0.3, 0.4) is 0 Å². The number of thioether (sulfide) groups is 1. The Morgan fingerprint density at radius 2 is 1.82 bits per heavy atom. The molecule has 2 aromatic rings. The third kappa shape index (κ3) is 5.08. The first-order valence-corrected chi connectivity index (χ1v) is 8.80. The number of carbonyl (C=O) groups is 1. The second kappa shape index (κ2) is 8.25. The van der Waals surface area contributed by atoms with Crippen molar-refractivity contribution in [2.75, 3.05) is 11.1 Å². The average Bonchev–Trinajstić information content (AvgIpc) is 2.49. The molecule has 0 aliphatic heterocycles. The fourth-order valence-corrected chi connectivity index (χ4v) is 3.06. The zero-order valence-corrected chi connectivity index (χ0v) is 14.4. The van der Waals surface area contributed by atoms with Gasteiger partial charge in [0.05, 0.1) is 5.75 Å². The van der Waals surface area contributed by atoms with E-state index in [9.17, 15) is 4.79 Å². The Bertz CT molecular complexity index is 625. The van der Waals surface area contributed by atoms with Crippen molar-refractivity contribution >= 4 is 35.0 Å². The lowest BCUT2D eigenvalue weighted by atomic mass is 10.0. The summed E-state index contributed by atoms with van der Waals surface area (Å²) in [4.78, 5) is 12.1. The van der Waals surface area contributed by atoms with E-state index >= 15 is 0 Å². The Hall–Kier alpha value is -1.45. The molecule has 0 heterocycles. The molecule has 0 atom stereocenters. The summed E-state index contributed by atoms with van der Waals surface area (Å²) < 4.78 is 0. The first-order chi connectivity index (χ1) is 10.6. The standard InChI is InChI=1S/C18H20ClNOS/c1-13(2)16-5-3-4-6-17(16)20-18(21)12-22-11-14-7-9-15(19)10-8-14/h3-10,13H,11-12H2,1-2H3,(H,20,21). The van der Waals surface area contributed by atoms with Crippen LogP contribution in [0.5, 0.6) is 0 Å². The van der Waals surface area contributed by atoms with Crippen LogP contribution in [-0.2, 0) is 10.5 Å². The zero-order chi connectivity index (χ0) is 15.9. The summed E-state index contributed by atoms with van der Waals surface area (Å²) >= 11 is 7.45. The van der Waals surface area contributed by atoms with E-state index in [4.69, 9.17) is 11.6 Å². The molecular weight excluding hydrogens is 314 g/mol. The fraction of sp³-hybridized carbons (Fsp3) is 0.278. The number of hydrogen-bond acceptors (Lipinski definition) is 2. The molecule has 0 aliphatic carbocycles. The molecule has 1 N–H and O–H groups in total. The molecule has 2 aromatic carbocycles. The number of para-hydroxylation sites is 1. The predicted molar refractivity (Wildman–Crippen MR) is 96.8 cm³/mol. The minimum atomic E-state index is 0.0343. The first kappa shape index (κ1) is 16.9. The van der Waals surface area contributed by atoms with Gasteiger partial charge in [-0.05, 0) is 35.2 Å². The van der Waals surface area contributed by atoms with E-state index in [0.29, 0.717) is 11.7 Å². The van der Waals surface area contributed by atoms with Gasteiger partial charge in [-0.3, -0.25) is 4.79 Å². The molecule has 116 valence electrons. The molecule has 0 radical (unpaired) electrons. The summed E-state index contributed by atoms with van der Waals surface area (Å²) in [6.45, 7) is 4.25. The fourth-order valence-electron chi connectivity index (χ4n) is 2.14. The van der Waals surface area contributed by atoms with Gasteiger partial charge in [0.25, 0.3) is 0 Å². The van der Waals surface area contributed by atoms with Crippen molar-refractivity contribution in [3.05, 3.63) is 64.7 Å². The number of benzene rings is 2. The van der Waals surface area contributed by atoms with Crippen molar-refractivity contribution in [3.63, 3.8) is 0 Å². The summed E-state index contributed by atoms with van der Waals surface area (Å²) in [6.07, 6.45) is 0. The molecule has 4 heteroatoms. The van der Waals surface area contributed by atoms with Crippen molar-refractivity contribution in [2.24, 2.45) is 0 Å². The van der Waals surface area contributed by atoms with Crippen LogP contribution in [0.1, 0.15) is 30.9 Å².